The first-order chi connectivity index (χ1) is 15.5. The highest BCUT2D eigenvalue weighted by molar-refractivity contribution is 6.07. The lowest BCUT2D eigenvalue weighted by Gasteiger charge is -2.28. The molecule has 1 aliphatic heterocycles. The Bertz CT molecular complexity index is 745. The average Bonchev–Trinajstić information content (AvgIpc) is 2.85. The van der Waals surface area contributed by atoms with Crippen LogP contribution >= 0.6 is 0 Å². The van der Waals surface area contributed by atoms with Crippen molar-refractivity contribution in [3.05, 3.63) is 42.0 Å². The average molecular weight is 445 g/mol. The molecule has 0 aromatic heterocycles. The van der Waals surface area contributed by atoms with E-state index >= 15 is 0 Å². The molecule has 1 aromatic rings. The third kappa shape index (κ3) is 7.79. The van der Waals surface area contributed by atoms with E-state index < -0.39 is 6.04 Å². The lowest BCUT2D eigenvalue weighted by Crippen LogP contribution is -2.47. The summed E-state index contributed by atoms with van der Waals surface area (Å²) in [5.74, 6) is 0.0720. The van der Waals surface area contributed by atoms with E-state index in [1.54, 1.807) is 32.3 Å². The standard InChI is InChI=1S/C23H34N4O3.C2H6/c1-4-5-9-20(22(29)24-2)27(3)23(30)21-18(16-28)7-6-8-19(21)26-15-12-17-10-13-25-14-11-17;1-2/h4,6-8,16-17,20,25-26H,1,5,9-15H2,2-3H3,(H,24,29);1-2H3. The number of amides is 2. The van der Waals surface area contributed by atoms with Gasteiger partial charge in [-0.15, -0.1) is 6.58 Å². The van der Waals surface area contributed by atoms with E-state index in [0.29, 0.717) is 41.9 Å². The van der Waals surface area contributed by atoms with Gasteiger partial charge in [-0.1, -0.05) is 32.1 Å². The van der Waals surface area contributed by atoms with Crippen LogP contribution in [0.2, 0.25) is 0 Å². The molecule has 178 valence electrons. The van der Waals surface area contributed by atoms with E-state index in [4.69, 9.17) is 0 Å². The molecule has 1 aliphatic rings. The van der Waals surface area contributed by atoms with Gasteiger partial charge in [0.15, 0.2) is 6.29 Å². The van der Waals surface area contributed by atoms with Gasteiger partial charge in [0.1, 0.15) is 6.04 Å². The first-order valence-corrected chi connectivity index (χ1v) is 11.7. The Hall–Kier alpha value is -2.67. The number of aldehydes is 1. The number of carbonyl (C=O) groups excluding carboxylic acids is 3. The van der Waals surface area contributed by atoms with Crippen molar-refractivity contribution in [1.82, 2.24) is 15.5 Å². The van der Waals surface area contributed by atoms with Gasteiger partial charge >= 0.3 is 0 Å². The Morgan fingerprint density at radius 3 is 2.56 bits per heavy atom. The predicted molar refractivity (Wildman–Crippen MR) is 131 cm³/mol. The number of allylic oxidation sites excluding steroid dienone is 1. The Morgan fingerprint density at radius 1 is 1.28 bits per heavy atom. The van der Waals surface area contributed by atoms with E-state index in [9.17, 15) is 14.4 Å². The molecule has 32 heavy (non-hydrogen) atoms. The van der Waals surface area contributed by atoms with Crippen molar-refractivity contribution in [1.29, 1.82) is 0 Å². The molecular formula is C25H40N4O3. The molecule has 1 saturated heterocycles. The summed E-state index contributed by atoms with van der Waals surface area (Å²) >= 11 is 0. The summed E-state index contributed by atoms with van der Waals surface area (Å²) in [5, 5.41) is 9.34. The molecule has 1 unspecified atom stereocenters. The Morgan fingerprint density at radius 2 is 1.97 bits per heavy atom. The number of hydrogen-bond acceptors (Lipinski definition) is 5. The van der Waals surface area contributed by atoms with Crippen LogP contribution in [0.3, 0.4) is 0 Å². The molecule has 1 aromatic carbocycles. The number of rotatable bonds is 11. The molecule has 2 rings (SSSR count). The molecule has 7 heteroatoms. The van der Waals surface area contributed by atoms with Gasteiger partial charge in [-0.05, 0) is 57.2 Å². The minimum absolute atomic E-state index is 0.239. The summed E-state index contributed by atoms with van der Waals surface area (Å²) in [7, 11) is 3.15. The topological polar surface area (TPSA) is 90.5 Å². The largest absolute Gasteiger partial charge is 0.384 e. The molecule has 1 atom stereocenters. The lowest BCUT2D eigenvalue weighted by atomic mass is 9.94. The molecule has 0 saturated carbocycles. The third-order valence-corrected chi connectivity index (χ3v) is 5.75. The second-order valence-electron chi connectivity index (χ2n) is 7.71. The number of likely N-dealkylation sites (N-methyl/N-ethyl adjacent to an activating group) is 2. The van der Waals surface area contributed by atoms with E-state index in [1.165, 1.54) is 4.90 Å². The van der Waals surface area contributed by atoms with E-state index in [0.717, 1.165) is 38.9 Å². The fourth-order valence-corrected chi connectivity index (χ4v) is 3.90. The van der Waals surface area contributed by atoms with Crippen molar-refractivity contribution >= 4 is 23.8 Å². The smallest absolute Gasteiger partial charge is 0.257 e. The number of nitrogens with one attached hydrogen (secondary N) is 3. The zero-order valence-electron chi connectivity index (χ0n) is 20.1. The van der Waals surface area contributed by atoms with Crippen LogP contribution in [0, 0.1) is 5.92 Å². The first-order valence-electron chi connectivity index (χ1n) is 11.7. The van der Waals surface area contributed by atoms with Gasteiger partial charge in [0.25, 0.3) is 5.91 Å². The van der Waals surface area contributed by atoms with Gasteiger partial charge in [-0.25, -0.2) is 0 Å². The Balaban J connectivity index is 0.00000249. The number of piperidine rings is 1. The predicted octanol–water partition coefficient (Wildman–Crippen LogP) is 3.48. The van der Waals surface area contributed by atoms with Crippen LogP contribution in [-0.2, 0) is 4.79 Å². The first kappa shape index (κ1) is 27.4. The van der Waals surface area contributed by atoms with Crippen molar-refractivity contribution in [3.63, 3.8) is 0 Å². The molecule has 0 radical (unpaired) electrons. The molecule has 1 fully saturated rings. The van der Waals surface area contributed by atoms with Crippen LogP contribution in [0.1, 0.15) is 66.7 Å². The van der Waals surface area contributed by atoms with Crippen LogP contribution in [0.4, 0.5) is 5.69 Å². The van der Waals surface area contributed by atoms with Gasteiger partial charge < -0.3 is 20.9 Å². The monoisotopic (exact) mass is 444 g/mol. The van der Waals surface area contributed by atoms with Crippen LogP contribution in [-0.4, -0.2) is 62.8 Å². The molecule has 0 aliphatic carbocycles. The van der Waals surface area contributed by atoms with Crippen LogP contribution in [0.25, 0.3) is 0 Å². The van der Waals surface area contributed by atoms with Gasteiger partial charge in [0.2, 0.25) is 5.91 Å². The second-order valence-corrected chi connectivity index (χ2v) is 7.71. The van der Waals surface area contributed by atoms with Crippen molar-refractivity contribution < 1.29 is 14.4 Å². The van der Waals surface area contributed by atoms with Crippen molar-refractivity contribution in [2.45, 2.75) is 52.0 Å². The third-order valence-electron chi connectivity index (χ3n) is 5.75. The summed E-state index contributed by atoms with van der Waals surface area (Å²) in [4.78, 5) is 38.8. The maximum absolute atomic E-state index is 13.3. The highest BCUT2D eigenvalue weighted by Crippen LogP contribution is 2.24. The number of anilines is 1. The van der Waals surface area contributed by atoms with Gasteiger partial charge in [0, 0.05) is 31.9 Å². The van der Waals surface area contributed by atoms with Gasteiger partial charge in [-0.2, -0.15) is 0 Å². The Kier molecular flexibility index (Phi) is 13.0. The lowest BCUT2D eigenvalue weighted by molar-refractivity contribution is -0.125. The van der Waals surface area contributed by atoms with Crippen molar-refractivity contribution in [3.8, 4) is 0 Å². The van der Waals surface area contributed by atoms with Crippen LogP contribution in [0.5, 0.6) is 0 Å². The highest BCUT2D eigenvalue weighted by atomic mass is 16.2. The van der Waals surface area contributed by atoms with Crippen molar-refractivity contribution in [2.24, 2.45) is 5.92 Å². The minimum atomic E-state index is -0.636. The number of benzene rings is 1. The summed E-state index contributed by atoms with van der Waals surface area (Å²) in [5.41, 5.74) is 1.26. The molecule has 7 nitrogen and oxygen atoms in total. The molecule has 3 N–H and O–H groups in total. The van der Waals surface area contributed by atoms with E-state index in [-0.39, 0.29) is 11.8 Å². The zero-order valence-corrected chi connectivity index (χ0v) is 20.1. The summed E-state index contributed by atoms with van der Waals surface area (Å²) in [6.45, 7) is 10.5. The summed E-state index contributed by atoms with van der Waals surface area (Å²) < 4.78 is 0. The van der Waals surface area contributed by atoms with Crippen LogP contribution in [0.15, 0.2) is 30.9 Å². The normalized spacial score (nSPS) is 14.4. The number of nitrogens with zero attached hydrogens (tertiary/aromatic N) is 1. The number of carbonyl (C=O) groups is 3. The highest BCUT2D eigenvalue weighted by Gasteiger charge is 2.29. The van der Waals surface area contributed by atoms with Gasteiger partial charge in [-0.3, -0.25) is 14.4 Å². The maximum Gasteiger partial charge on any atom is 0.257 e. The minimum Gasteiger partial charge on any atom is -0.384 e. The fraction of sp³-hybridized carbons (Fsp3) is 0.560. The second kappa shape index (κ2) is 15.2. The zero-order chi connectivity index (χ0) is 23.9. The van der Waals surface area contributed by atoms with E-state index in [1.807, 2.05) is 19.9 Å². The quantitative estimate of drug-likeness (QED) is 0.359. The summed E-state index contributed by atoms with van der Waals surface area (Å²) in [6.07, 6.45) is 6.80. The fourth-order valence-electron chi connectivity index (χ4n) is 3.90. The van der Waals surface area contributed by atoms with Crippen LogP contribution < -0.4 is 16.0 Å². The molecule has 0 bridgehead atoms. The molecule has 2 amide bonds. The molecule has 0 spiro atoms. The van der Waals surface area contributed by atoms with E-state index in [2.05, 4.69) is 22.5 Å². The maximum atomic E-state index is 13.3. The molecule has 1 heterocycles. The SMILES string of the molecule is C=CCCC(C(=O)NC)N(C)C(=O)c1c(C=O)cccc1NCCC1CCNCC1.CC. The van der Waals surface area contributed by atoms with Crippen molar-refractivity contribution in [2.75, 3.05) is 39.0 Å². The number of hydrogen-bond donors (Lipinski definition) is 3. The van der Waals surface area contributed by atoms with Gasteiger partial charge in [0.05, 0.1) is 5.56 Å². The molecular weight excluding hydrogens is 404 g/mol. The summed E-state index contributed by atoms with van der Waals surface area (Å²) in [6, 6.07) is 4.57. The Labute approximate surface area is 193 Å².